The average Bonchev–Trinajstić information content (AvgIpc) is 2.41. The second kappa shape index (κ2) is 8.51. The molecule has 0 fully saturated rings. The quantitative estimate of drug-likeness (QED) is 0.714. The minimum atomic E-state index is -0.0655. The first kappa shape index (κ1) is 16.4. The van der Waals surface area contributed by atoms with Gasteiger partial charge in [0.05, 0.1) is 13.2 Å². The van der Waals surface area contributed by atoms with Gasteiger partial charge in [0.25, 0.3) is 0 Å². The maximum atomic E-state index is 12.1. The van der Waals surface area contributed by atoms with Crippen LogP contribution in [0.4, 0.5) is 5.69 Å². The molecule has 1 rings (SSSR count). The highest BCUT2D eigenvalue weighted by molar-refractivity contribution is 5.93. The van der Waals surface area contributed by atoms with E-state index >= 15 is 0 Å². The molecular formula is C16H24N2O2. The zero-order valence-electron chi connectivity index (χ0n) is 12.4. The summed E-state index contributed by atoms with van der Waals surface area (Å²) in [5.74, 6) is -0.0655. The average molecular weight is 276 g/mol. The van der Waals surface area contributed by atoms with Crippen molar-refractivity contribution in [1.82, 2.24) is 4.90 Å². The van der Waals surface area contributed by atoms with Crippen LogP contribution in [0.2, 0.25) is 0 Å². The smallest absolute Gasteiger partial charge is 0.238 e. The molecule has 110 valence electrons. The van der Waals surface area contributed by atoms with Gasteiger partial charge in [-0.25, -0.2) is 0 Å². The number of nitrogens with zero attached hydrogens (tertiary/aromatic N) is 1. The number of carbonyl (C=O) groups excluding carboxylic acids is 1. The molecule has 4 nitrogen and oxygen atoms in total. The minimum Gasteiger partial charge on any atom is -0.395 e. The van der Waals surface area contributed by atoms with Crippen LogP contribution in [0.1, 0.15) is 18.1 Å². The lowest BCUT2D eigenvalue weighted by Gasteiger charge is -2.20. The number of aryl methyl sites for hydroxylation is 2. The van der Waals surface area contributed by atoms with E-state index in [1.165, 1.54) is 0 Å². The molecule has 4 heteroatoms. The number of para-hydroxylation sites is 1. The fraction of sp³-hybridized carbons (Fsp3) is 0.438. The third-order valence-corrected chi connectivity index (χ3v) is 3.18. The molecule has 0 aliphatic carbocycles. The Morgan fingerprint density at radius 3 is 2.85 bits per heavy atom. The first-order chi connectivity index (χ1) is 9.62. The molecule has 0 aliphatic rings. The van der Waals surface area contributed by atoms with Crippen LogP contribution >= 0.6 is 0 Å². The molecule has 1 amide bonds. The number of rotatable bonds is 8. The Labute approximate surface area is 121 Å². The maximum absolute atomic E-state index is 12.1. The van der Waals surface area contributed by atoms with Crippen molar-refractivity contribution in [2.45, 2.75) is 20.3 Å². The Bertz CT molecular complexity index is 458. The standard InChI is InChI=1S/C16H24N2O2/c1-4-9-18(10-11-19)12-15(20)17-16-13(3)7-6-8-14(16)5-2/h4,6-8,19H,1,5,9-12H2,2-3H3,(H,17,20). The molecule has 20 heavy (non-hydrogen) atoms. The lowest BCUT2D eigenvalue weighted by molar-refractivity contribution is -0.117. The van der Waals surface area contributed by atoms with E-state index in [1.54, 1.807) is 6.08 Å². The summed E-state index contributed by atoms with van der Waals surface area (Å²) in [5, 5.41) is 12.0. The van der Waals surface area contributed by atoms with Crippen LogP contribution in [0.5, 0.6) is 0 Å². The molecule has 1 aromatic carbocycles. The van der Waals surface area contributed by atoms with E-state index in [0.29, 0.717) is 13.1 Å². The van der Waals surface area contributed by atoms with Crippen LogP contribution in [0, 0.1) is 6.92 Å². The van der Waals surface area contributed by atoms with E-state index in [2.05, 4.69) is 18.8 Å². The molecular weight excluding hydrogens is 252 g/mol. The second-order valence-electron chi connectivity index (χ2n) is 4.76. The third-order valence-electron chi connectivity index (χ3n) is 3.18. The van der Waals surface area contributed by atoms with Gasteiger partial charge in [-0.05, 0) is 24.5 Å². The minimum absolute atomic E-state index is 0.0334. The Morgan fingerprint density at radius 1 is 1.50 bits per heavy atom. The van der Waals surface area contributed by atoms with Gasteiger partial charge in [0, 0.05) is 18.8 Å². The summed E-state index contributed by atoms with van der Waals surface area (Å²) in [5.41, 5.74) is 3.11. The van der Waals surface area contributed by atoms with Crippen LogP contribution in [0.15, 0.2) is 30.9 Å². The predicted octanol–water partition coefficient (Wildman–Crippen LogP) is 1.98. The molecule has 0 aromatic heterocycles. The predicted molar refractivity (Wildman–Crippen MR) is 82.9 cm³/mol. The molecule has 0 saturated carbocycles. The lowest BCUT2D eigenvalue weighted by atomic mass is 10.1. The molecule has 0 bridgehead atoms. The summed E-state index contributed by atoms with van der Waals surface area (Å²) in [6, 6.07) is 6.02. The van der Waals surface area contributed by atoms with Gasteiger partial charge >= 0.3 is 0 Å². The number of aliphatic hydroxyl groups is 1. The fourth-order valence-corrected chi connectivity index (χ4v) is 2.14. The largest absolute Gasteiger partial charge is 0.395 e. The molecule has 0 unspecified atom stereocenters. The highest BCUT2D eigenvalue weighted by Gasteiger charge is 2.12. The number of nitrogens with one attached hydrogen (secondary N) is 1. The van der Waals surface area contributed by atoms with Crippen molar-refractivity contribution < 1.29 is 9.90 Å². The number of amides is 1. The fourth-order valence-electron chi connectivity index (χ4n) is 2.14. The van der Waals surface area contributed by atoms with Crippen LogP contribution in [0.25, 0.3) is 0 Å². The van der Waals surface area contributed by atoms with Crippen molar-refractivity contribution in [2.24, 2.45) is 0 Å². The number of aliphatic hydroxyl groups excluding tert-OH is 1. The van der Waals surface area contributed by atoms with Crippen LogP contribution in [0.3, 0.4) is 0 Å². The number of benzene rings is 1. The second-order valence-corrected chi connectivity index (χ2v) is 4.76. The highest BCUT2D eigenvalue weighted by atomic mass is 16.3. The molecule has 2 N–H and O–H groups in total. The summed E-state index contributed by atoms with van der Waals surface area (Å²) in [6.07, 6.45) is 2.61. The van der Waals surface area contributed by atoms with E-state index in [9.17, 15) is 4.79 Å². The maximum Gasteiger partial charge on any atom is 0.238 e. The monoisotopic (exact) mass is 276 g/mol. The van der Waals surface area contributed by atoms with Crippen molar-refractivity contribution in [1.29, 1.82) is 0 Å². The van der Waals surface area contributed by atoms with Gasteiger partial charge in [-0.1, -0.05) is 31.2 Å². The van der Waals surface area contributed by atoms with E-state index in [4.69, 9.17) is 5.11 Å². The summed E-state index contributed by atoms with van der Waals surface area (Å²) < 4.78 is 0. The molecule has 0 heterocycles. The Balaban J connectivity index is 2.72. The van der Waals surface area contributed by atoms with Gasteiger partial charge in [0.1, 0.15) is 0 Å². The van der Waals surface area contributed by atoms with Gasteiger partial charge in [-0.2, -0.15) is 0 Å². The first-order valence-electron chi connectivity index (χ1n) is 6.94. The van der Waals surface area contributed by atoms with Crippen LogP contribution in [-0.2, 0) is 11.2 Å². The summed E-state index contributed by atoms with van der Waals surface area (Å²) >= 11 is 0. The van der Waals surface area contributed by atoms with Crippen molar-refractivity contribution in [3.8, 4) is 0 Å². The third kappa shape index (κ3) is 4.79. The molecule has 1 aromatic rings. The molecule has 0 atom stereocenters. The zero-order chi connectivity index (χ0) is 15.0. The number of anilines is 1. The topological polar surface area (TPSA) is 52.6 Å². The Morgan fingerprint density at radius 2 is 2.25 bits per heavy atom. The first-order valence-corrected chi connectivity index (χ1v) is 6.94. The van der Waals surface area contributed by atoms with Gasteiger partial charge in [-0.3, -0.25) is 9.69 Å². The number of hydrogen-bond acceptors (Lipinski definition) is 3. The van der Waals surface area contributed by atoms with Crippen LogP contribution < -0.4 is 5.32 Å². The summed E-state index contributed by atoms with van der Waals surface area (Å²) in [6.45, 7) is 9.06. The van der Waals surface area contributed by atoms with E-state index in [1.807, 2.05) is 30.0 Å². The lowest BCUT2D eigenvalue weighted by Crippen LogP contribution is -2.35. The van der Waals surface area contributed by atoms with E-state index in [0.717, 1.165) is 23.2 Å². The summed E-state index contributed by atoms with van der Waals surface area (Å²) in [7, 11) is 0. The van der Waals surface area contributed by atoms with E-state index in [-0.39, 0.29) is 19.1 Å². The van der Waals surface area contributed by atoms with E-state index < -0.39 is 0 Å². The Kier molecular flexibility index (Phi) is 6.98. The van der Waals surface area contributed by atoms with Gasteiger partial charge in [0.2, 0.25) is 5.91 Å². The van der Waals surface area contributed by atoms with Crippen molar-refractivity contribution in [3.63, 3.8) is 0 Å². The molecule has 0 saturated heterocycles. The zero-order valence-corrected chi connectivity index (χ0v) is 12.4. The van der Waals surface area contributed by atoms with Gasteiger partial charge < -0.3 is 10.4 Å². The molecule has 0 radical (unpaired) electrons. The van der Waals surface area contributed by atoms with Crippen molar-refractivity contribution >= 4 is 11.6 Å². The van der Waals surface area contributed by atoms with Crippen molar-refractivity contribution in [3.05, 3.63) is 42.0 Å². The molecule has 0 spiro atoms. The SMILES string of the molecule is C=CCN(CCO)CC(=O)Nc1c(C)cccc1CC. The normalized spacial score (nSPS) is 10.6. The Hall–Kier alpha value is -1.65. The highest BCUT2D eigenvalue weighted by Crippen LogP contribution is 2.20. The van der Waals surface area contributed by atoms with Gasteiger partial charge in [-0.15, -0.1) is 6.58 Å². The van der Waals surface area contributed by atoms with Crippen LogP contribution in [-0.4, -0.2) is 42.2 Å². The number of carbonyl (C=O) groups is 1. The molecule has 0 aliphatic heterocycles. The summed E-state index contributed by atoms with van der Waals surface area (Å²) in [4.78, 5) is 14.0. The van der Waals surface area contributed by atoms with Crippen molar-refractivity contribution in [2.75, 3.05) is 31.6 Å². The number of hydrogen-bond donors (Lipinski definition) is 2. The van der Waals surface area contributed by atoms with Gasteiger partial charge in [0.15, 0.2) is 0 Å².